The van der Waals surface area contributed by atoms with Crippen LogP contribution in [-0.4, -0.2) is 33.3 Å². The maximum Gasteiger partial charge on any atom is 0.349 e. The van der Waals surface area contributed by atoms with E-state index in [0.717, 1.165) is 23.6 Å². The minimum absolute atomic E-state index is 0.0759. The van der Waals surface area contributed by atoms with E-state index in [2.05, 4.69) is 4.98 Å². The second-order valence-corrected chi connectivity index (χ2v) is 3.89. The average Bonchev–Trinajstić information content (AvgIpc) is 2.76. The third-order valence-corrected chi connectivity index (χ3v) is 2.74. The molecule has 0 radical (unpaired) electrons. The van der Waals surface area contributed by atoms with Gasteiger partial charge in [-0.05, 0) is 12.8 Å². The molecule has 1 atom stereocenters. The predicted molar refractivity (Wildman–Crippen MR) is 58.8 cm³/mol. The van der Waals surface area contributed by atoms with Gasteiger partial charge >= 0.3 is 11.7 Å². The summed E-state index contributed by atoms with van der Waals surface area (Å²) in [4.78, 5) is 25.9. The molecule has 2 heterocycles. The summed E-state index contributed by atoms with van der Waals surface area (Å²) in [7, 11) is 0. The fraction of sp³-hybridized carbons (Fsp3) is 0.500. The fourth-order valence-electron chi connectivity index (χ4n) is 1.84. The molecule has 0 aliphatic carbocycles. The number of anilines is 1. The molecule has 3 N–H and O–H groups in total. The molecule has 7 nitrogen and oxygen atoms in total. The van der Waals surface area contributed by atoms with Gasteiger partial charge < -0.3 is 15.6 Å². The van der Waals surface area contributed by atoms with E-state index in [0.29, 0.717) is 6.61 Å². The van der Waals surface area contributed by atoms with Crippen LogP contribution >= 0.6 is 0 Å². The van der Waals surface area contributed by atoms with Gasteiger partial charge in [0.15, 0.2) is 0 Å². The first-order valence-corrected chi connectivity index (χ1v) is 5.30. The molecular formula is C10H13N3O4. The summed E-state index contributed by atoms with van der Waals surface area (Å²) in [6, 6.07) is 0. The summed E-state index contributed by atoms with van der Waals surface area (Å²) in [5.74, 6) is -1.27. The Hall–Kier alpha value is -1.89. The van der Waals surface area contributed by atoms with Gasteiger partial charge in [0.05, 0.1) is 18.8 Å². The van der Waals surface area contributed by atoms with Crippen LogP contribution in [0, 0.1) is 0 Å². The molecule has 1 aromatic rings. The van der Waals surface area contributed by atoms with Gasteiger partial charge in [-0.1, -0.05) is 0 Å². The van der Waals surface area contributed by atoms with Crippen LogP contribution in [0.2, 0.25) is 0 Å². The highest BCUT2D eigenvalue weighted by Gasteiger charge is 2.20. The van der Waals surface area contributed by atoms with E-state index in [9.17, 15) is 9.59 Å². The van der Waals surface area contributed by atoms with Gasteiger partial charge in [-0.3, -0.25) is 4.57 Å². The van der Waals surface area contributed by atoms with Crippen LogP contribution < -0.4 is 11.4 Å². The van der Waals surface area contributed by atoms with Crippen molar-refractivity contribution < 1.29 is 14.6 Å². The zero-order valence-corrected chi connectivity index (χ0v) is 9.13. The highest BCUT2D eigenvalue weighted by atomic mass is 16.5. The average molecular weight is 239 g/mol. The molecule has 0 bridgehead atoms. The first kappa shape index (κ1) is 11.6. The molecule has 2 rings (SSSR count). The Morgan fingerprint density at radius 2 is 2.47 bits per heavy atom. The molecule has 0 spiro atoms. The third-order valence-electron chi connectivity index (χ3n) is 2.74. The summed E-state index contributed by atoms with van der Waals surface area (Å²) in [6.45, 7) is 0.907. The molecule has 1 aromatic heterocycles. The number of carboxylic acids is 1. The summed E-state index contributed by atoms with van der Waals surface area (Å²) in [5.41, 5.74) is 4.93. The number of aromatic nitrogens is 2. The number of carbonyl (C=O) groups is 1. The predicted octanol–water partition coefficient (Wildman–Crippen LogP) is -0.297. The summed E-state index contributed by atoms with van der Waals surface area (Å²) in [6.07, 6.45) is 2.65. The molecule has 92 valence electrons. The minimum Gasteiger partial charge on any atom is -0.478 e. The minimum atomic E-state index is -1.20. The highest BCUT2D eigenvalue weighted by molar-refractivity contribution is 5.92. The van der Waals surface area contributed by atoms with Crippen LogP contribution in [0.15, 0.2) is 11.0 Å². The van der Waals surface area contributed by atoms with Crippen LogP contribution in [-0.2, 0) is 11.3 Å². The molecule has 1 saturated heterocycles. The maximum atomic E-state index is 11.5. The van der Waals surface area contributed by atoms with E-state index in [1.807, 2.05) is 0 Å². The van der Waals surface area contributed by atoms with Gasteiger partial charge in [0.25, 0.3) is 0 Å². The lowest BCUT2D eigenvalue weighted by molar-refractivity contribution is 0.0694. The van der Waals surface area contributed by atoms with Crippen LogP contribution in [0.4, 0.5) is 5.82 Å². The third kappa shape index (κ3) is 2.28. The van der Waals surface area contributed by atoms with Crippen molar-refractivity contribution in [2.75, 3.05) is 12.3 Å². The Balaban J connectivity index is 2.34. The highest BCUT2D eigenvalue weighted by Crippen LogP contribution is 2.15. The Morgan fingerprint density at radius 3 is 3.06 bits per heavy atom. The largest absolute Gasteiger partial charge is 0.478 e. The summed E-state index contributed by atoms with van der Waals surface area (Å²) in [5, 5.41) is 8.88. The van der Waals surface area contributed by atoms with Gasteiger partial charge in [-0.25, -0.2) is 14.6 Å². The second kappa shape index (κ2) is 4.54. The molecule has 7 heteroatoms. The van der Waals surface area contributed by atoms with Gasteiger partial charge in [0.1, 0.15) is 11.4 Å². The standard InChI is InChI=1S/C10H13N3O4/c11-8-7(9(14)15)4-12-10(16)13(8)5-6-2-1-3-17-6/h4,6H,1-3,5,11H2,(H,14,15)/t6-/m0/s1. The first-order valence-electron chi connectivity index (χ1n) is 5.30. The lowest BCUT2D eigenvalue weighted by atomic mass is 10.2. The van der Waals surface area contributed by atoms with Crippen molar-refractivity contribution in [1.82, 2.24) is 9.55 Å². The fourth-order valence-corrected chi connectivity index (χ4v) is 1.84. The molecule has 0 saturated carbocycles. The number of nitrogen functional groups attached to an aromatic ring is 1. The zero-order valence-electron chi connectivity index (χ0n) is 9.13. The van der Waals surface area contributed by atoms with Crippen molar-refractivity contribution in [2.24, 2.45) is 0 Å². The van der Waals surface area contributed by atoms with Crippen LogP contribution in [0.1, 0.15) is 23.2 Å². The topological polar surface area (TPSA) is 107 Å². The molecule has 17 heavy (non-hydrogen) atoms. The lowest BCUT2D eigenvalue weighted by Crippen LogP contribution is -2.31. The number of hydrogen-bond donors (Lipinski definition) is 2. The molecule has 1 fully saturated rings. The van der Waals surface area contributed by atoms with Crippen molar-refractivity contribution >= 4 is 11.8 Å². The van der Waals surface area contributed by atoms with E-state index in [1.165, 1.54) is 0 Å². The molecule has 0 unspecified atom stereocenters. The van der Waals surface area contributed by atoms with Crippen LogP contribution in [0.3, 0.4) is 0 Å². The first-order chi connectivity index (χ1) is 8.09. The summed E-state index contributed by atoms with van der Waals surface area (Å²) < 4.78 is 6.53. The molecule has 0 amide bonds. The molecule has 1 aliphatic heterocycles. The second-order valence-electron chi connectivity index (χ2n) is 3.89. The Bertz CT molecular complexity index is 491. The maximum absolute atomic E-state index is 11.5. The number of nitrogens with zero attached hydrogens (tertiary/aromatic N) is 2. The van der Waals surface area contributed by atoms with E-state index in [-0.39, 0.29) is 24.0 Å². The number of nitrogens with two attached hydrogens (primary N) is 1. The van der Waals surface area contributed by atoms with E-state index >= 15 is 0 Å². The number of hydrogen-bond acceptors (Lipinski definition) is 5. The van der Waals surface area contributed by atoms with Crippen molar-refractivity contribution in [3.8, 4) is 0 Å². The number of aromatic carboxylic acids is 1. The Kier molecular flexibility index (Phi) is 3.10. The summed E-state index contributed by atoms with van der Waals surface area (Å²) >= 11 is 0. The number of rotatable bonds is 3. The Morgan fingerprint density at radius 1 is 1.71 bits per heavy atom. The van der Waals surface area contributed by atoms with E-state index in [1.54, 1.807) is 0 Å². The van der Waals surface area contributed by atoms with E-state index < -0.39 is 11.7 Å². The van der Waals surface area contributed by atoms with Gasteiger partial charge in [0.2, 0.25) is 0 Å². The normalized spacial score (nSPS) is 19.4. The van der Waals surface area contributed by atoms with Crippen LogP contribution in [0.5, 0.6) is 0 Å². The molecule has 0 aromatic carbocycles. The molecular weight excluding hydrogens is 226 g/mol. The van der Waals surface area contributed by atoms with Crippen molar-refractivity contribution in [3.05, 3.63) is 22.2 Å². The lowest BCUT2D eigenvalue weighted by Gasteiger charge is -2.14. The Labute approximate surface area is 96.8 Å². The van der Waals surface area contributed by atoms with Crippen LogP contribution in [0.25, 0.3) is 0 Å². The monoisotopic (exact) mass is 239 g/mol. The molecule has 1 aliphatic rings. The van der Waals surface area contributed by atoms with Crippen molar-refractivity contribution in [2.45, 2.75) is 25.5 Å². The number of ether oxygens (including phenoxy) is 1. The quantitative estimate of drug-likeness (QED) is 0.750. The van der Waals surface area contributed by atoms with Gasteiger partial charge in [0, 0.05) is 6.61 Å². The number of carboxylic acid groups (broad SMARTS) is 1. The zero-order chi connectivity index (χ0) is 12.4. The van der Waals surface area contributed by atoms with Gasteiger partial charge in [-0.15, -0.1) is 0 Å². The SMILES string of the molecule is Nc1c(C(=O)O)cnc(=O)n1C[C@@H]1CCCO1. The van der Waals surface area contributed by atoms with Crippen molar-refractivity contribution in [3.63, 3.8) is 0 Å². The van der Waals surface area contributed by atoms with Crippen molar-refractivity contribution in [1.29, 1.82) is 0 Å². The smallest absolute Gasteiger partial charge is 0.349 e. The van der Waals surface area contributed by atoms with E-state index in [4.69, 9.17) is 15.6 Å². The van der Waals surface area contributed by atoms with Gasteiger partial charge in [-0.2, -0.15) is 0 Å².